The molecule has 32 heavy (non-hydrogen) atoms. The number of aromatic nitrogens is 2. The van der Waals surface area contributed by atoms with Crippen LogP contribution in [0.25, 0.3) is 0 Å². The van der Waals surface area contributed by atoms with Crippen molar-refractivity contribution in [3.05, 3.63) is 89.5 Å². The molecule has 0 radical (unpaired) electrons. The van der Waals surface area contributed by atoms with Crippen molar-refractivity contribution < 1.29 is 9.53 Å². The highest BCUT2D eigenvalue weighted by Crippen LogP contribution is 2.16. The lowest BCUT2D eigenvalue weighted by Gasteiger charge is -2.34. The van der Waals surface area contributed by atoms with Crippen LogP contribution in [0.15, 0.2) is 67.1 Å². The average Bonchev–Trinajstić information content (AvgIpc) is 2.83. The Hall–Kier alpha value is -3.25. The van der Waals surface area contributed by atoms with Gasteiger partial charge in [-0.15, -0.1) is 0 Å². The van der Waals surface area contributed by atoms with E-state index >= 15 is 0 Å². The number of carbonyl (C=O) groups excluding carboxylic acids is 1. The number of hydrogen-bond donors (Lipinski definition) is 0. The maximum atomic E-state index is 12.5. The molecule has 3 heterocycles. The number of ether oxygens (including phenoxy) is 1. The summed E-state index contributed by atoms with van der Waals surface area (Å²) in [4.78, 5) is 25.3. The van der Waals surface area contributed by atoms with Crippen LogP contribution in [0.5, 0.6) is 5.75 Å². The minimum atomic E-state index is -0.270. The second kappa shape index (κ2) is 10.9. The Morgan fingerprint density at radius 3 is 2.47 bits per heavy atom. The molecule has 1 saturated heterocycles. The first kappa shape index (κ1) is 22.0. The highest BCUT2D eigenvalue weighted by atomic mass is 16.6. The van der Waals surface area contributed by atoms with E-state index in [1.807, 2.05) is 48.8 Å². The number of carbonyl (C=O) groups is 1. The molecule has 0 saturated carbocycles. The molecule has 6 heteroatoms. The van der Waals surface area contributed by atoms with Crippen molar-refractivity contribution in [1.82, 2.24) is 19.8 Å². The SMILES string of the molecule is Cc1ccnc(CCc2ccc(OC(=O)N3CCN(CCc4cccnc4)CC3)cc2)c1. The van der Waals surface area contributed by atoms with Crippen LogP contribution in [0.4, 0.5) is 4.79 Å². The first-order valence-electron chi connectivity index (χ1n) is 11.2. The summed E-state index contributed by atoms with van der Waals surface area (Å²) in [5.74, 6) is 0.589. The third-order valence-electron chi connectivity index (χ3n) is 5.84. The number of hydrogen-bond acceptors (Lipinski definition) is 5. The molecule has 0 atom stereocenters. The van der Waals surface area contributed by atoms with Crippen molar-refractivity contribution in [1.29, 1.82) is 0 Å². The van der Waals surface area contributed by atoms with Crippen LogP contribution in [0, 0.1) is 6.92 Å². The van der Waals surface area contributed by atoms with Crippen LogP contribution in [-0.4, -0.2) is 58.6 Å². The van der Waals surface area contributed by atoms with Crippen LogP contribution in [-0.2, 0) is 19.3 Å². The second-order valence-corrected chi connectivity index (χ2v) is 8.28. The highest BCUT2D eigenvalue weighted by Gasteiger charge is 2.22. The predicted molar refractivity (Wildman–Crippen MR) is 125 cm³/mol. The van der Waals surface area contributed by atoms with Gasteiger partial charge in [-0.2, -0.15) is 0 Å². The standard InChI is InChI=1S/C26H30N4O2/c1-21-10-13-28-24(19-21)7-4-22-5-8-25(9-6-22)32-26(31)30-17-15-29(16-18-30)14-11-23-3-2-12-27-20-23/h2-3,5-6,8-10,12-13,19-20H,4,7,11,14-18H2,1H3. The van der Waals surface area contributed by atoms with Gasteiger partial charge in [0.25, 0.3) is 0 Å². The largest absolute Gasteiger partial charge is 0.415 e. The Labute approximate surface area is 189 Å². The van der Waals surface area contributed by atoms with Crippen LogP contribution < -0.4 is 4.74 Å². The van der Waals surface area contributed by atoms with Crippen LogP contribution >= 0.6 is 0 Å². The molecule has 0 N–H and O–H groups in total. The molecule has 3 aromatic rings. The zero-order chi connectivity index (χ0) is 22.2. The Bertz CT molecular complexity index is 1000. The van der Waals surface area contributed by atoms with Crippen molar-refractivity contribution >= 4 is 6.09 Å². The maximum Gasteiger partial charge on any atom is 0.415 e. The lowest BCUT2D eigenvalue weighted by molar-refractivity contribution is 0.111. The van der Waals surface area contributed by atoms with E-state index in [9.17, 15) is 4.79 Å². The van der Waals surface area contributed by atoms with E-state index in [1.54, 1.807) is 11.1 Å². The van der Waals surface area contributed by atoms with Crippen molar-refractivity contribution in [2.45, 2.75) is 26.2 Å². The van der Waals surface area contributed by atoms with Gasteiger partial charge in [-0.05, 0) is 73.2 Å². The molecule has 6 nitrogen and oxygen atoms in total. The topological polar surface area (TPSA) is 58.6 Å². The molecule has 0 aliphatic carbocycles. The highest BCUT2D eigenvalue weighted by molar-refractivity contribution is 5.70. The molecule has 2 aromatic heterocycles. The van der Waals surface area contributed by atoms with E-state index in [0.717, 1.165) is 44.6 Å². The maximum absolute atomic E-state index is 12.5. The van der Waals surface area contributed by atoms with E-state index < -0.39 is 0 Å². The predicted octanol–water partition coefficient (Wildman–Crippen LogP) is 3.93. The van der Waals surface area contributed by atoms with Crippen molar-refractivity contribution in [2.24, 2.45) is 0 Å². The zero-order valence-electron chi connectivity index (χ0n) is 18.6. The van der Waals surface area contributed by atoms with E-state index in [4.69, 9.17) is 4.74 Å². The van der Waals surface area contributed by atoms with Gasteiger partial charge in [0.05, 0.1) is 0 Å². The second-order valence-electron chi connectivity index (χ2n) is 8.28. The lowest BCUT2D eigenvalue weighted by Crippen LogP contribution is -2.49. The summed E-state index contributed by atoms with van der Waals surface area (Å²) in [6, 6.07) is 16.0. The molecule has 0 spiro atoms. The molecule has 0 bridgehead atoms. The normalized spacial score (nSPS) is 14.3. The molecule has 1 aliphatic heterocycles. The monoisotopic (exact) mass is 430 g/mol. The van der Waals surface area contributed by atoms with Gasteiger partial charge in [-0.25, -0.2) is 4.79 Å². The quantitative estimate of drug-likeness (QED) is 0.568. The molecule has 1 fully saturated rings. The summed E-state index contributed by atoms with van der Waals surface area (Å²) in [5.41, 5.74) is 4.77. The smallest absolute Gasteiger partial charge is 0.410 e. The first-order valence-corrected chi connectivity index (χ1v) is 11.2. The van der Waals surface area contributed by atoms with E-state index in [2.05, 4.69) is 33.9 Å². The molecular formula is C26H30N4O2. The fourth-order valence-corrected chi connectivity index (χ4v) is 3.88. The third kappa shape index (κ3) is 6.37. The summed E-state index contributed by atoms with van der Waals surface area (Å²) in [5, 5.41) is 0. The van der Waals surface area contributed by atoms with E-state index in [0.29, 0.717) is 18.8 Å². The minimum absolute atomic E-state index is 0.270. The summed E-state index contributed by atoms with van der Waals surface area (Å²) in [6.45, 7) is 6.16. The zero-order valence-corrected chi connectivity index (χ0v) is 18.6. The van der Waals surface area contributed by atoms with E-state index in [1.165, 1.54) is 16.7 Å². The van der Waals surface area contributed by atoms with Crippen molar-refractivity contribution in [3.8, 4) is 5.75 Å². The number of pyridine rings is 2. The van der Waals surface area contributed by atoms with Gasteiger partial charge in [-0.3, -0.25) is 14.9 Å². The van der Waals surface area contributed by atoms with Crippen molar-refractivity contribution in [3.63, 3.8) is 0 Å². The summed E-state index contributed by atoms with van der Waals surface area (Å²) in [7, 11) is 0. The minimum Gasteiger partial charge on any atom is -0.410 e. The molecule has 1 aromatic carbocycles. The third-order valence-corrected chi connectivity index (χ3v) is 5.84. The van der Waals surface area contributed by atoms with Crippen LogP contribution in [0.1, 0.15) is 22.4 Å². The number of piperazine rings is 1. The average molecular weight is 431 g/mol. The number of benzene rings is 1. The van der Waals surface area contributed by atoms with Gasteiger partial charge in [0, 0.05) is 57.0 Å². The number of amides is 1. The summed E-state index contributed by atoms with van der Waals surface area (Å²) in [6.07, 6.45) is 8.08. The summed E-state index contributed by atoms with van der Waals surface area (Å²) >= 11 is 0. The molecule has 1 amide bonds. The Morgan fingerprint density at radius 2 is 1.75 bits per heavy atom. The van der Waals surface area contributed by atoms with Gasteiger partial charge in [0.2, 0.25) is 0 Å². The van der Waals surface area contributed by atoms with Gasteiger partial charge in [0.1, 0.15) is 5.75 Å². The van der Waals surface area contributed by atoms with E-state index in [-0.39, 0.29) is 6.09 Å². The van der Waals surface area contributed by atoms with Crippen LogP contribution in [0.2, 0.25) is 0 Å². The molecule has 4 rings (SSSR count). The van der Waals surface area contributed by atoms with Gasteiger partial charge in [-0.1, -0.05) is 18.2 Å². The lowest BCUT2D eigenvalue weighted by atomic mass is 10.1. The molecule has 166 valence electrons. The molecule has 1 aliphatic rings. The number of rotatable bonds is 7. The molecule has 0 unspecified atom stereocenters. The summed E-state index contributed by atoms with van der Waals surface area (Å²) < 4.78 is 5.60. The fraction of sp³-hybridized carbons (Fsp3) is 0.346. The Kier molecular flexibility index (Phi) is 7.46. The Morgan fingerprint density at radius 1 is 0.938 bits per heavy atom. The molecular weight excluding hydrogens is 400 g/mol. The van der Waals surface area contributed by atoms with Crippen LogP contribution in [0.3, 0.4) is 0 Å². The first-order chi connectivity index (χ1) is 15.7. The van der Waals surface area contributed by atoms with Gasteiger partial charge in [0.15, 0.2) is 0 Å². The van der Waals surface area contributed by atoms with Crippen molar-refractivity contribution in [2.75, 3.05) is 32.7 Å². The fourth-order valence-electron chi connectivity index (χ4n) is 3.88. The van der Waals surface area contributed by atoms with Gasteiger partial charge < -0.3 is 9.64 Å². The number of aryl methyl sites for hydroxylation is 3. The number of nitrogens with zero attached hydrogens (tertiary/aromatic N) is 4. The Balaban J connectivity index is 1.19. The van der Waals surface area contributed by atoms with Gasteiger partial charge >= 0.3 is 6.09 Å².